The van der Waals surface area contributed by atoms with Crippen LogP contribution in [-0.2, 0) is 18.9 Å². The molecule has 0 unspecified atom stereocenters. The molecule has 0 radical (unpaired) electrons. The minimum absolute atomic E-state index is 0.296. The van der Waals surface area contributed by atoms with Gasteiger partial charge in [0, 0.05) is 22.1 Å². The van der Waals surface area contributed by atoms with Crippen LogP contribution in [0.25, 0.3) is 0 Å². The third-order valence-electron chi connectivity index (χ3n) is 4.28. The average Bonchev–Trinajstić information content (AvgIpc) is 3.48. The minimum atomic E-state index is 0.296. The first kappa shape index (κ1) is 21.0. The van der Waals surface area contributed by atoms with Gasteiger partial charge in [-0.05, 0) is 36.4 Å². The summed E-state index contributed by atoms with van der Waals surface area (Å²) in [6.07, 6.45) is 1.67. The summed E-state index contributed by atoms with van der Waals surface area (Å²) in [4.78, 5) is 4.71. The molecule has 0 aliphatic rings. The molecule has 0 saturated carbocycles. The molecule has 0 aliphatic heterocycles. The van der Waals surface area contributed by atoms with E-state index in [4.69, 9.17) is 25.7 Å². The lowest BCUT2D eigenvalue weighted by atomic mass is 10.2. The number of halogens is 1. The Balaban J connectivity index is 1.49. The van der Waals surface area contributed by atoms with Gasteiger partial charge >= 0.3 is 0 Å². The summed E-state index contributed by atoms with van der Waals surface area (Å²) in [6, 6.07) is 11.1. The maximum absolute atomic E-state index is 5.94. The van der Waals surface area contributed by atoms with Crippen molar-refractivity contribution in [3.8, 4) is 5.75 Å². The van der Waals surface area contributed by atoms with E-state index in [2.05, 4.69) is 29.4 Å². The molecule has 0 amide bonds. The van der Waals surface area contributed by atoms with E-state index in [0.29, 0.717) is 24.1 Å². The quantitative estimate of drug-likeness (QED) is 0.284. The van der Waals surface area contributed by atoms with Crippen LogP contribution in [0.2, 0.25) is 5.02 Å². The fourth-order valence-electron chi connectivity index (χ4n) is 2.72. The predicted molar refractivity (Wildman–Crippen MR) is 119 cm³/mol. The number of hydrogen-bond donors (Lipinski definition) is 0. The zero-order valence-electron chi connectivity index (χ0n) is 16.6. The second-order valence-electron chi connectivity index (χ2n) is 6.93. The van der Waals surface area contributed by atoms with Crippen LogP contribution in [0, 0.1) is 0 Å². The molecule has 3 heterocycles. The van der Waals surface area contributed by atoms with E-state index in [0.717, 1.165) is 38.9 Å². The molecule has 0 spiro atoms. The van der Waals surface area contributed by atoms with Crippen LogP contribution < -0.4 is 4.74 Å². The summed E-state index contributed by atoms with van der Waals surface area (Å²) in [5, 5.41) is 13.5. The van der Waals surface area contributed by atoms with Crippen LogP contribution >= 0.6 is 34.7 Å². The molecule has 30 heavy (non-hydrogen) atoms. The number of benzene rings is 1. The van der Waals surface area contributed by atoms with Crippen LogP contribution in [0.5, 0.6) is 5.75 Å². The van der Waals surface area contributed by atoms with E-state index >= 15 is 0 Å². The third-order valence-corrected chi connectivity index (χ3v) is 6.73. The van der Waals surface area contributed by atoms with Crippen LogP contribution in [0.3, 0.4) is 0 Å². The largest absolute Gasteiger partial charge is 0.486 e. The lowest BCUT2D eigenvalue weighted by Crippen LogP contribution is -2.09. The maximum Gasteiger partial charge on any atom is 0.192 e. The SMILES string of the molecule is CC(C)c1nc(CSc2nnc(COc3ccc(Cl)cc3)n2Cc2ccco2)cs1. The smallest absolute Gasteiger partial charge is 0.192 e. The topological polar surface area (TPSA) is 66.0 Å². The lowest BCUT2D eigenvalue weighted by Gasteiger charge is -2.10. The Bertz CT molecular complexity index is 1080. The van der Waals surface area contributed by atoms with Gasteiger partial charge < -0.3 is 9.15 Å². The van der Waals surface area contributed by atoms with Crippen LogP contribution in [-0.4, -0.2) is 19.7 Å². The molecular weight excluding hydrogens is 440 g/mol. The Hall–Kier alpha value is -2.29. The summed E-state index contributed by atoms with van der Waals surface area (Å²) < 4.78 is 13.4. The van der Waals surface area contributed by atoms with Crippen molar-refractivity contribution in [2.24, 2.45) is 0 Å². The van der Waals surface area contributed by atoms with Crippen LogP contribution in [0.4, 0.5) is 0 Å². The van der Waals surface area contributed by atoms with Crippen molar-refractivity contribution in [2.75, 3.05) is 0 Å². The van der Waals surface area contributed by atoms with Gasteiger partial charge in [-0.25, -0.2) is 4.98 Å². The molecule has 156 valence electrons. The number of ether oxygens (including phenoxy) is 1. The van der Waals surface area contributed by atoms with Gasteiger partial charge in [-0.1, -0.05) is 37.2 Å². The molecule has 0 fully saturated rings. The van der Waals surface area contributed by atoms with Crippen molar-refractivity contribution < 1.29 is 9.15 Å². The first-order valence-corrected chi connectivity index (χ1v) is 11.7. The van der Waals surface area contributed by atoms with Gasteiger partial charge in [0.1, 0.15) is 18.1 Å². The predicted octanol–water partition coefficient (Wildman–Crippen LogP) is 6.02. The first-order valence-electron chi connectivity index (χ1n) is 9.48. The Morgan fingerprint density at radius 1 is 1.20 bits per heavy atom. The minimum Gasteiger partial charge on any atom is -0.486 e. The van der Waals surface area contributed by atoms with Crippen molar-refractivity contribution in [2.45, 2.75) is 43.8 Å². The van der Waals surface area contributed by atoms with Crippen LogP contribution in [0.15, 0.2) is 57.6 Å². The van der Waals surface area contributed by atoms with E-state index in [1.54, 1.807) is 41.5 Å². The van der Waals surface area contributed by atoms with Crippen LogP contribution in [0.1, 0.15) is 42.1 Å². The Kier molecular flexibility index (Phi) is 6.76. The van der Waals surface area contributed by atoms with Gasteiger partial charge in [0.05, 0.1) is 23.5 Å². The molecule has 4 rings (SSSR count). The van der Waals surface area contributed by atoms with Gasteiger partial charge in [-0.3, -0.25) is 4.57 Å². The third kappa shape index (κ3) is 5.24. The lowest BCUT2D eigenvalue weighted by molar-refractivity contribution is 0.287. The molecule has 0 N–H and O–H groups in total. The van der Waals surface area contributed by atoms with E-state index in [-0.39, 0.29) is 0 Å². The number of rotatable bonds is 9. The monoisotopic (exact) mass is 460 g/mol. The highest BCUT2D eigenvalue weighted by Crippen LogP contribution is 2.26. The fraction of sp³-hybridized carbons (Fsp3) is 0.286. The second-order valence-corrected chi connectivity index (χ2v) is 9.20. The second kappa shape index (κ2) is 9.68. The summed E-state index contributed by atoms with van der Waals surface area (Å²) in [5.41, 5.74) is 1.06. The number of thiazole rings is 1. The number of hydrogen-bond acceptors (Lipinski definition) is 7. The summed E-state index contributed by atoms with van der Waals surface area (Å²) in [5.74, 6) is 3.46. The van der Waals surface area contributed by atoms with Gasteiger partial charge in [-0.2, -0.15) is 0 Å². The molecule has 9 heteroatoms. The summed E-state index contributed by atoms with van der Waals surface area (Å²) in [7, 11) is 0. The standard InChI is InChI=1S/C21H21ClN4O2S2/c1-14(2)20-23-16(12-29-20)13-30-21-25-24-19(26(21)10-18-4-3-9-27-18)11-28-17-7-5-15(22)6-8-17/h3-9,12,14H,10-11,13H2,1-2H3. The Labute approximate surface area is 188 Å². The van der Waals surface area contributed by atoms with Gasteiger partial charge in [0.2, 0.25) is 0 Å². The molecule has 1 aromatic carbocycles. The molecule has 0 aliphatic carbocycles. The number of furan rings is 1. The molecular formula is C21H21ClN4O2S2. The molecule has 4 aromatic rings. The van der Waals surface area contributed by atoms with Crippen molar-refractivity contribution in [1.29, 1.82) is 0 Å². The highest BCUT2D eigenvalue weighted by Gasteiger charge is 2.16. The number of aromatic nitrogens is 4. The van der Waals surface area contributed by atoms with Crippen molar-refractivity contribution in [1.82, 2.24) is 19.7 Å². The van der Waals surface area contributed by atoms with Crippen molar-refractivity contribution in [3.63, 3.8) is 0 Å². The number of thioether (sulfide) groups is 1. The first-order chi connectivity index (χ1) is 14.6. The number of nitrogens with zero attached hydrogens (tertiary/aromatic N) is 4. The molecule has 0 atom stereocenters. The van der Waals surface area contributed by atoms with E-state index in [1.807, 2.05) is 28.8 Å². The molecule has 0 saturated heterocycles. The Morgan fingerprint density at radius 2 is 2.03 bits per heavy atom. The fourth-order valence-corrected chi connectivity index (χ4v) is 4.64. The van der Waals surface area contributed by atoms with E-state index in [9.17, 15) is 0 Å². The normalized spacial score (nSPS) is 11.3. The Morgan fingerprint density at radius 3 is 2.73 bits per heavy atom. The average molecular weight is 461 g/mol. The summed E-state index contributed by atoms with van der Waals surface area (Å²) in [6.45, 7) is 5.14. The highest BCUT2D eigenvalue weighted by molar-refractivity contribution is 7.98. The maximum atomic E-state index is 5.94. The van der Waals surface area contributed by atoms with Gasteiger partial charge in [0.15, 0.2) is 11.0 Å². The zero-order valence-corrected chi connectivity index (χ0v) is 19.0. The van der Waals surface area contributed by atoms with E-state index < -0.39 is 0 Å². The van der Waals surface area contributed by atoms with Gasteiger partial charge in [0.25, 0.3) is 0 Å². The molecule has 0 bridgehead atoms. The zero-order chi connectivity index (χ0) is 20.9. The highest BCUT2D eigenvalue weighted by atomic mass is 35.5. The van der Waals surface area contributed by atoms with Crippen molar-refractivity contribution >= 4 is 34.7 Å². The van der Waals surface area contributed by atoms with Gasteiger partial charge in [-0.15, -0.1) is 21.5 Å². The molecule has 3 aromatic heterocycles. The van der Waals surface area contributed by atoms with E-state index in [1.165, 1.54) is 0 Å². The molecule has 6 nitrogen and oxygen atoms in total. The van der Waals surface area contributed by atoms with Crippen molar-refractivity contribution in [3.05, 3.63) is 75.4 Å². The summed E-state index contributed by atoms with van der Waals surface area (Å²) >= 11 is 9.25.